The Kier molecular flexibility index (Phi) is 5.38. The van der Waals surface area contributed by atoms with Gasteiger partial charge in [0.1, 0.15) is 0 Å². The van der Waals surface area contributed by atoms with Crippen molar-refractivity contribution < 1.29 is 26.4 Å². The maximum Gasteiger partial charge on any atom is 0.453 e. The van der Waals surface area contributed by atoms with Crippen LogP contribution in [0.2, 0.25) is 18.1 Å². The van der Waals surface area contributed by atoms with Crippen LogP contribution in [-0.4, -0.2) is 27.5 Å². The molecule has 0 unspecified atom stereocenters. The Morgan fingerprint density at radius 3 is 1.69 bits per heavy atom. The van der Waals surface area contributed by atoms with Crippen molar-refractivity contribution in [2.45, 2.75) is 50.5 Å². The lowest BCUT2D eigenvalue weighted by molar-refractivity contribution is -0.282. The molecule has 1 nitrogen and oxygen atoms in total. The second-order valence-corrected chi connectivity index (χ2v) is 8.48. The van der Waals surface area contributed by atoms with Crippen LogP contribution < -0.4 is 0 Å². The lowest BCUT2D eigenvalue weighted by Crippen LogP contribution is -2.41. The summed E-state index contributed by atoms with van der Waals surface area (Å²) in [6.07, 6.45) is -6.62. The summed E-state index contributed by atoms with van der Waals surface area (Å²) in [6, 6.07) is 0.935. The third-order valence-electron chi connectivity index (χ3n) is 3.03. The number of hydrogen-bond acceptors (Lipinski definition) is 1. The Morgan fingerprint density at radius 1 is 1.00 bits per heavy atom. The van der Waals surface area contributed by atoms with E-state index in [4.69, 9.17) is 4.43 Å². The van der Waals surface area contributed by atoms with Crippen molar-refractivity contribution in [3.05, 3.63) is 0 Å². The van der Waals surface area contributed by atoms with E-state index in [2.05, 4.69) is 0 Å². The molecule has 0 atom stereocenters. The molecule has 0 aromatic heterocycles. The Hall–Kier alpha value is -0.173. The van der Waals surface area contributed by atoms with Gasteiger partial charge in [-0.2, -0.15) is 22.0 Å². The molecule has 0 saturated carbocycles. The fourth-order valence-corrected chi connectivity index (χ4v) is 4.28. The van der Waals surface area contributed by atoms with Gasteiger partial charge in [-0.1, -0.05) is 13.8 Å². The zero-order valence-corrected chi connectivity index (χ0v) is 10.6. The fraction of sp³-hybridized carbons (Fsp3) is 1.00. The summed E-state index contributed by atoms with van der Waals surface area (Å²) in [4.78, 5) is 0. The van der Waals surface area contributed by atoms with E-state index in [-0.39, 0.29) is 6.04 Å². The van der Waals surface area contributed by atoms with Crippen LogP contribution in [0, 0.1) is 0 Å². The topological polar surface area (TPSA) is 9.23 Å². The summed E-state index contributed by atoms with van der Waals surface area (Å²) in [5.41, 5.74) is 0. The van der Waals surface area contributed by atoms with Gasteiger partial charge >= 0.3 is 12.1 Å². The van der Waals surface area contributed by atoms with Gasteiger partial charge in [-0.3, -0.25) is 0 Å². The van der Waals surface area contributed by atoms with Crippen LogP contribution in [0.25, 0.3) is 0 Å². The van der Waals surface area contributed by atoms with Gasteiger partial charge in [0, 0.05) is 13.5 Å². The average molecular weight is 264 g/mol. The molecule has 0 heterocycles. The first kappa shape index (κ1) is 15.8. The smallest absolute Gasteiger partial charge is 0.420 e. The van der Waals surface area contributed by atoms with Gasteiger partial charge in [0.25, 0.3) is 0 Å². The molecule has 0 aliphatic rings. The van der Waals surface area contributed by atoms with Gasteiger partial charge in [0.15, 0.2) is 8.32 Å². The minimum atomic E-state index is -5.46. The maximum absolute atomic E-state index is 12.7. The van der Waals surface area contributed by atoms with Crippen molar-refractivity contribution in [3.8, 4) is 0 Å². The largest absolute Gasteiger partial charge is 0.453 e. The third kappa shape index (κ3) is 3.69. The van der Waals surface area contributed by atoms with Crippen LogP contribution >= 0.6 is 0 Å². The molecule has 0 aromatic carbocycles. The first-order valence-corrected chi connectivity index (χ1v) is 7.67. The molecular weight excluding hydrogens is 247 g/mol. The summed E-state index contributed by atoms with van der Waals surface area (Å²) in [6.45, 7) is 3.54. The Morgan fingerprint density at radius 2 is 1.44 bits per heavy atom. The fourth-order valence-electron chi connectivity index (χ4n) is 1.52. The maximum atomic E-state index is 12.7. The normalized spacial score (nSPS) is 14.2. The minimum Gasteiger partial charge on any atom is -0.420 e. The second kappa shape index (κ2) is 5.44. The van der Waals surface area contributed by atoms with Crippen molar-refractivity contribution in [1.29, 1.82) is 0 Å². The average Bonchev–Trinajstić information content (AvgIpc) is 2.19. The first-order valence-electron chi connectivity index (χ1n) is 5.14. The highest BCUT2D eigenvalue weighted by molar-refractivity contribution is 6.73. The monoisotopic (exact) mass is 264 g/mol. The van der Waals surface area contributed by atoms with Crippen LogP contribution in [-0.2, 0) is 4.43 Å². The van der Waals surface area contributed by atoms with Crippen LogP contribution in [0.4, 0.5) is 22.0 Å². The van der Waals surface area contributed by atoms with Gasteiger partial charge in [0.05, 0.1) is 0 Å². The molecule has 16 heavy (non-hydrogen) atoms. The van der Waals surface area contributed by atoms with Crippen LogP contribution in [0.5, 0.6) is 0 Å². The van der Waals surface area contributed by atoms with Gasteiger partial charge < -0.3 is 4.43 Å². The van der Waals surface area contributed by atoms with E-state index in [1.807, 2.05) is 0 Å². The summed E-state index contributed by atoms with van der Waals surface area (Å²) in [7, 11) is -0.992. The molecule has 0 aromatic rings. The molecule has 0 radical (unpaired) electrons. The number of hydrogen-bond donors (Lipinski definition) is 0. The molecule has 0 saturated heterocycles. The Bertz CT molecular complexity index is 202. The van der Waals surface area contributed by atoms with Crippen molar-refractivity contribution in [3.63, 3.8) is 0 Å². The zero-order chi connectivity index (χ0) is 13.0. The predicted octanol–water partition coefficient (Wildman–Crippen LogP) is 4.21. The molecule has 0 amide bonds. The van der Waals surface area contributed by atoms with E-state index < -0.39 is 26.8 Å². The summed E-state index contributed by atoms with van der Waals surface area (Å²) >= 11 is 0. The van der Waals surface area contributed by atoms with E-state index in [0.717, 1.165) is 0 Å². The molecule has 0 fully saturated rings. The van der Waals surface area contributed by atoms with Gasteiger partial charge in [-0.25, -0.2) is 0 Å². The standard InChI is InChI=1S/C9H17F5OSi/c1-4-16(5-2,15-3)7-6-8(10,11)9(12,13)14/h4-7H2,1-3H3. The lowest BCUT2D eigenvalue weighted by atomic mass is 10.2. The second-order valence-electron chi connectivity index (χ2n) is 3.80. The quantitative estimate of drug-likeness (QED) is 0.516. The predicted molar refractivity (Wildman–Crippen MR) is 54.2 cm³/mol. The van der Waals surface area contributed by atoms with E-state index >= 15 is 0 Å². The molecule has 98 valence electrons. The third-order valence-corrected chi connectivity index (χ3v) is 7.64. The molecule has 7 heteroatoms. The molecule has 0 bridgehead atoms. The highest BCUT2D eigenvalue weighted by atomic mass is 28.4. The van der Waals surface area contributed by atoms with E-state index in [0.29, 0.717) is 12.1 Å². The lowest BCUT2D eigenvalue weighted by Gasteiger charge is -2.29. The SMILES string of the molecule is CC[Si](CC)(CCC(F)(F)C(F)(F)F)OC. The van der Waals surface area contributed by atoms with Gasteiger partial charge in [-0.05, 0) is 18.1 Å². The molecule has 0 aliphatic carbocycles. The molecule has 0 rings (SSSR count). The highest BCUT2D eigenvalue weighted by Gasteiger charge is 2.57. The van der Waals surface area contributed by atoms with Crippen molar-refractivity contribution in [1.82, 2.24) is 0 Å². The molecular formula is C9H17F5OSi. The highest BCUT2D eigenvalue weighted by Crippen LogP contribution is 2.41. The van der Waals surface area contributed by atoms with Crippen molar-refractivity contribution in [2.75, 3.05) is 7.11 Å². The number of rotatable bonds is 6. The number of halogens is 5. The zero-order valence-electron chi connectivity index (χ0n) is 9.63. The molecule has 0 aliphatic heterocycles. The van der Waals surface area contributed by atoms with E-state index in [1.54, 1.807) is 13.8 Å². The van der Waals surface area contributed by atoms with Gasteiger partial charge in [0.2, 0.25) is 0 Å². The Labute approximate surface area is 93.1 Å². The number of alkyl halides is 5. The van der Waals surface area contributed by atoms with Crippen LogP contribution in [0.1, 0.15) is 20.3 Å². The summed E-state index contributed by atoms with van der Waals surface area (Å²) in [5.74, 6) is -4.60. The molecule has 0 spiro atoms. The van der Waals surface area contributed by atoms with Crippen molar-refractivity contribution in [2.24, 2.45) is 0 Å². The summed E-state index contributed by atoms with van der Waals surface area (Å²) in [5, 5.41) is 0. The van der Waals surface area contributed by atoms with Crippen molar-refractivity contribution >= 4 is 8.32 Å². The van der Waals surface area contributed by atoms with Crippen LogP contribution in [0.15, 0.2) is 0 Å². The van der Waals surface area contributed by atoms with Crippen LogP contribution in [0.3, 0.4) is 0 Å². The Balaban J connectivity index is 4.54. The van der Waals surface area contributed by atoms with E-state index in [9.17, 15) is 22.0 Å². The van der Waals surface area contributed by atoms with Gasteiger partial charge in [-0.15, -0.1) is 0 Å². The molecule has 0 N–H and O–H groups in total. The summed E-state index contributed by atoms with van der Waals surface area (Å²) < 4.78 is 66.4. The first-order chi connectivity index (χ1) is 7.14. The van der Waals surface area contributed by atoms with E-state index in [1.165, 1.54) is 7.11 Å². The minimum absolute atomic E-state index is 0.164.